The van der Waals surface area contributed by atoms with E-state index in [4.69, 9.17) is 23.2 Å². The van der Waals surface area contributed by atoms with Crippen LogP contribution in [0, 0.1) is 16.7 Å². The van der Waals surface area contributed by atoms with E-state index in [2.05, 4.69) is 27.3 Å². The lowest BCUT2D eigenvalue weighted by molar-refractivity contribution is -0.123. The van der Waals surface area contributed by atoms with E-state index in [0.717, 1.165) is 15.6 Å². The van der Waals surface area contributed by atoms with Crippen LogP contribution in [0.3, 0.4) is 0 Å². The summed E-state index contributed by atoms with van der Waals surface area (Å²) < 4.78 is 0.786. The van der Waals surface area contributed by atoms with Crippen molar-refractivity contribution >= 4 is 50.7 Å². The molecular weight excluding hydrogens is 399 g/mol. The zero-order chi connectivity index (χ0) is 16.6. The molecule has 1 heterocycles. The molecule has 6 heteroatoms. The van der Waals surface area contributed by atoms with E-state index >= 15 is 0 Å². The number of halogens is 3. The van der Waals surface area contributed by atoms with Crippen LogP contribution in [0.2, 0.25) is 10.0 Å². The Balaban J connectivity index is 1.99. The van der Waals surface area contributed by atoms with Crippen LogP contribution >= 0.6 is 39.1 Å². The van der Waals surface area contributed by atoms with Gasteiger partial charge in [0.2, 0.25) is 5.91 Å². The van der Waals surface area contributed by atoms with E-state index in [0.29, 0.717) is 28.6 Å². The Morgan fingerprint density at radius 2 is 1.91 bits per heavy atom. The van der Waals surface area contributed by atoms with Crippen LogP contribution in [0.1, 0.15) is 11.1 Å². The second-order valence-corrected chi connectivity index (χ2v) is 7.27. The number of nitrogens with zero attached hydrogens (tertiary/aromatic N) is 1. The van der Waals surface area contributed by atoms with Gasteiger partial charge in [0.1, 0.15) is 5.41 Å². The minimum atomic E-state index is -1.16. The normalized spacial score (nSPS) is 19.7. The number of amides is 1. The van der Waals surface area contributed by atoms with Gasteiger partial charge in [0.05, 0.1) is 6.07 Å². The van der Waals surface area contributed by atoms with E-state index < -0.39 is 5.41 Å². The van der Waals surface area contributed by atoms with Crippen LogP contribution in [0.25, 0.3) is 0 Å². The number of rotatable bonds is 2. The number of nitriles is 1. The van der Waals surface area contributed by atoms with Crippen molar-refractivity contribution in [2.45, 2.75) is 12.8 Å². The van der Waals surface area contributed by atoms with Gasteiger partial charge >= 0.3 is 0 Å². The number of fused-ring (bicyclic) bond motifs is 1. The summed E-state index contributed by atoms with van der Waals surface area (Å²) >= 11 is 15.4. The van der Waals surface area contributed by atoms with Gasteiger partial charge in [0.15, 0.2) is 0 Å². The van der Waals surface area contributed by atoms with Crippen molar-refractivity contribution in [3.8, 4) is 6.07 Å². The Morgan fingerprint density at radius 3 is 2.61 bits per heavy atom. The monoisotopic (exact) mass is 408 g/mol. The molecular formula is C17H11BrCl2N2O. The molecule has 3 nitrogen and oxygen atoms in total. The van der Waals surface area contributed by atoms with Crippen LogP contribution in [-0.4, -0.2) is 5.91 Å². The molecule has 1 aliphatic rings. The van der Waals surface area contributed by atoms with Gasteiger partial charge < -0.3 is 5.32 Å². The topological polar surface area (TPSA) is 52.9 Å². The van der Waals surface area contributed by atoms with Crippen molar-refractivity contribution in [3.05, 3.63) is 62.0 Å². The number of nitrogens with one attached hydrogen (secondary N) is 1. The lowest BCUT2D eigenvalue weighted by atomic mass is 9.74. The van der Waals surface area contributed by atoms with Crippen molar-refractivity contribution in [2.75, 3.05) is 5.32 Å². The minimum absolute atomic E-state index is 0.301. The van der Waals surface area contributed by atoms with E-state index in [9.17, 15) is 10.1 Å². The third-order valence-electron chi connectivity index (χ3n) is 3.97. The van der Waals surface area contributed by atoms with Gasteiger partial charge in [0, 0.05) is 33.0 Å². The first-order chi connectivity index (χ1) is 10.9. The highest BCUT2D eigenvalue weighted by Crippen LogP contribution is 2.38. The summed E-state index contributed by atoms with van der Waals surface area (Å²) in [6.45, 7) is 0. The summed E-state index contributed by atoms with van der Waals surface area (Å²) in [6.07, 6.45) is 0.645. The molecule has 3 rings (SSSR count). The van der Waals surface area contributed by atoms with Crippen molar-refractivity contribution in [2.24, 2.45) is 5.41 Å². The van der Waals surface area contributed by atoms with Crippen LogP contribution in [0.4, 0.5) is 5.69 Å². The molecule has 1 aliphatic heterocycles. The molecule has 0 bridgehead atoms. The Morgan fingerprint density at radius 1 is 1.22 bits per heavy atom. The number of hydrogen-bond acceptors (Lipinski definition) is 2. The summed E-state index contributed by atoms with van der Waals surface area (Å²) in [5, 5.41) is 13.7. The molecule has 2 aromatic carbocycles. The average Bonchev–Trinajstić information content (AvgIpc) is 2.51. The average molecular weight is 410 g/mol. The van der Waals surface area contributed by atoms with Crippen LogP contribution in [0.15, 0.2) is 40.9 Å². The van der Waals surface area contributed by atoms with Crippen molar-refractivity contribution < 1.29 is 4.79 Å². The predicted octanol–water partition coefficient (Wildman–Crippen LogP) is 5.00. The molecule has 0 aromatic heterocycles. The fourth-order valence-corrected chi connectivity index (χ4v) is 3.72. The lowest BCUT2D eigenvalue weighted by Gasteiger charge is -2.32. The lowest BCUT2D eigenvalue weighted by Crippen LogP contribution is -2.42. The van der Waals surface area contributed by atoms with Crippen LogP contribution in [-0.2, 0) is 17.6 Å². The second-order valence-electron chi connectivity index (χ2n) is 5.54. The van der Waals surface area contributed by atoms with Gasteiger partial charge in [0.25, 0.3) is 0 Å². The van der Waals surface area contributed by atoms with Crippen molar-refractivity contribution in [1.82, 2.24) is 0 Å². The zero-order valence-corrected chi connectivity index (χ0v) is 15.0. The van der Waals surface area contributed by atoms with Crippen molar-refractivity contribution in [1.29, 1.82) is 5.26 Å². The molecule has 2 aromatic rings. The molecule has 0 saturated carbocycles. The van der Waals surface area contributed by atoms with Gasteiger partial charge in [-0.1, -0.05) is 51.3 Å². The first kappa shape index (κ1) is 16.3. The third kappa shape index (κ3) is 3.10. The molecule has 0 saturated heterocycles. The molecule has 1 atom stereocenters. The quantitative estimate of drug-likeness (QED) is 0.758. The highest BCUT2D eigenvalue weighted by atomic mass is 79.9. The van der Waals surface area contributed by atoms with Gasteiger partial charge in [-0.25, -0.2) is 0 Å². The maximum absolute atomic E-state index is 12.6. The number of benzene rings is 2. The number of hydrogen-bond donors (Lipinski definition) is 1. The molecule has 23 heavy (non-hydrogen) atoms. The Labute approximate surface area is 152 Å². The molecule has 1 N–H and O–H groups in total. The van der Waals surface area contributed by atoms with Gasteiger partial charge in [-0.2, -0.15) is 5.26 Å². The Hall–Kier alpha value is -1.54. The maximum atomic E-state index is 12.6. The van der Waals surface area contributed by atoms with Gasteiger partial charge in [-0.05, 0) is 35.4 Å². The molecule has 0 spiro atoms. The predicted molar refractivity (Wildman–Crippen MR) is 94.7 cm³/mol. The summed E-state index contributed by atoms with van der Waals surface area (Å²) in [5.74, 6) is -0.309. The number of carbonyl (C=O) groups excluding carboxylic acids is 1. The van der Waals surface area contributed by atoms with Crippen LogP contribution < -0.4 is 5.32 Å². The van der Waals surface area contributed by atoms with Gasteiger partial charge in [-0.3, -0.25) is 4.79 Å². The van der Waals surface area contributed by atoms with Gasteiger partial charge in [-0.15, -0.1) is 0 Å². The number of carbonyl (C=O) groups is 1. The molecule has 1 unspecified atom stereocenters. The first-order valence-corrected chi connectivity index (χ1v) is 8.43. The molecule has 0 aliphatic carbocycles. The number of anilines is 1. The molecule has 0 fully saturated rings. The van der Waals surface area contributed by atoms with E-state index in [1.54, 1.807) is 24.3 Å². The second kappa shape index (κ2) is 6.16. The van der Waals surface area contributed by atoms with E-state index in [1.807, 2.05) is 12.1 Å². The largest absolute Gasteiger partial charge is 0.324 e. The summed E-state index contributed by atoms with van der Waals surface area (Å²) in [6, 6.07) is 12.9. The zero-order valence-electron chi connectivity index (χ0n) is 11.9. The fourth-order valence-electron chi connectivity index (χ4n) is 2.73. The fraction of sp³-hybridized carbons (Fsp3) is 0.176. The SMILES string of the molecule is N#CC1(Cc2ccc(Cl)cc2Br)Cc2ccc(Cl)cc2NC1=O. The maximum Gasteiger partial charge on any atom is 0.245 e. The first-order valence-electron chi connectivity index (χ1n) is 6.88. The van der Waals surface area contributed by atoms with Crippen LogP contribution in [0.5, 0.6) is 0 Å². The smallest absolute Gasteiger partial charge is 0.245 e. The van der Waals surface area contributed by atoms with Crippen molar-refractivity contribution in [3.63, 3.8) is 0 Å². The third-order valence-corrected chi connectivity index (χ3v) is 5.18. The summed E-state index contributed by atoms with van der Waals surface area (Å²) in [5.41, 5.74) is 1.28. The van der Waals surface area contributed by atoms with E-state index in [-0.39, 0.29) is 5.91 Å². The Bertz CT molecular complexity index is 847. The minimum Gasteiger partial charge on any atom is -0.324 e. The summed E-state index contributed by atoms with van der Waals surface area (Å²) in [4.78, 5) is 12.6. The molecule has 1 amide bonds. The molecule has 116 valence electrons. The molecule has 0 radical (unpaired) electrons. The Kier molecular flexibility index (Phi) is 4.37. The van der Waals surface area contributed by atoms with E-state index in [1.165, 1.54) is 0 Å². The highest BCUT2D eigenvalue weighted by molar-refractivity contribution is 9.10. The highest BCUT2D eigenvalue weighted by Gasteiger charge is 2.43. The summed E-state index contributed by atoms with van der Waals surface area (Å²) in [7, 11) is 0. The standard InChI is InChI=1S/C17H11BrCl2N2O/c18-14-5-12(19)3-1-10(14)7-17(9-21)8-11-2-4-13(20)6-15(11)22-16(17)23/h1-6H,7-8H2,(H,22,23).